The van der Waals surface area contributed by atoms with E-state index in [2.05, 4.69) is 24.1 Å². The van der Waals surface area contributed by atoms with E-state index in [4.69, 9.17) is 0 Å². The maximum Gasteiger partial charge on any atom is 0.162 e. The van der Waals surface area contributed by atoms with Gasteiger partial charge in [-0.05, 0) is 41.7 Å². The maximum absolute atomic E-state index is 14.7. The smallest absolute Gasteiger partial charge is 0.162 e. The molecule has 1 aromatic heterocycles. The molecule has 1 aliphatic heterocycles. The summed E-state index contributed by atoms with van der Waals surface area (Å²) in [5, 5.41) is 4.48. The fourth-order valence-electron chi connectivity index (χ4n) is 4.66. The molecule has 0 radical (unpaired) electrons. The third-order valence-electron chi connectivity index (χ3n) is 5.81. The summed E-state index contributed by atoms with van der Waals surface area (Å²) in [6.07, 6.45) is 3.02. The van der Waals surface area contributed by atoms with Gasteiger partial charge in [-0.15, -0.1) is 0 Å². The molecule has 1 atom stereocenters. The van der Waals surface area contributed by atoms with Crippen LogP contribution in [0.1, 0.15) is 43.9 Å². The largest absolute Gasteiger partial charge is 0.373 e. The molecule has 0 spiro atoms. The van der Waals surface area contributed by atoms with Gasteiger partial charge in [0.05, 0.1) is 11.6 Å². The van der Waals surface area contributed by atoms with E-state index in [1.54, 1.807) is 18.3 Å². The Labute approximate surface area is 163 Å². The number of carbonyl (C=O) groups is 1. The van der Waals surface area contributed by atoms with Crippen LogP contribution in [0.25, 0.3) is 16.5 Å². The molecule has 3 aromatic rings. The van der Waals surface area contributed by atoms with Gasteiger partial charge in [-0.1, -0.05) is 38.1 Å². The van der Waals surface area contributed by atoms with Gasteiger partial charge in [0.2, 0.25) is 0 Å². The molecule has 0 saturated heterocycles. The van der Waals surface area contributed by atoms with Crippen LogP contribution < -0.4 is 5.32 Å². The number of aromatic nitrogens is 1. The Hall–Kier alpha value is -3.01. The number of hydrogen-bond acceptors (Lipinski definition) is 3. The summed E-state index contributed by atoms with van der Waals surface area (Å²) in [7, 11) is 0. The number of anilines is 1. The molecule has 140 valence electrons. The number of nitrogens with one attached hydrogen (secondary N) is 1. The second kappa shape index (κ2) is 5.99. The lowest BCUT2D eigenvalue weighted by molar-refractivity contribution is -0.118. The van der Waals surface area contributed by atoms with E-state index >= 15 is 0 Å². The van der Waals surface area contributed by atoms with Crippen LogP contribution in [-0.4, -0.2) is 10.8 Å². The lowest BCUT2D eigenvalue weighted by Crippen LogP contribution is -2.33. The van der Waals surface area contributed by atoms with E-state index in [0.29, 0.717) is 17.6 Å². The molecule has 4 heteroatoms. The molecule has 1 N–H and O–H groups in total. The number of halogens is 1. The van der Waals surface area contributed by atoms with Crippen molar-refractivity contribution in [1.82, 2.24) is 4.98 Å². The van der Waals surface area contributed by atoms with E-state index in [9.17, 15) is 9.18 Å². The van der Waals surface area contributed by atoms with Crippen molar-refractivity contribution in [1.29, 1.82) is 0 Å². The Morgan fingerprint density at radius 2 is 1.89 bits per heavy atom. The van der Waals surface area contributed by atoms with E-state index in [0.717, 1.165) is 34.1 Å². The molecule has 5 rings (SSSR count). The summed E-state index contributed by atoms with van der Waals surface area (Å²) in [4.78, 5) is 17.7. The fourth-order valence-corrected chi connectivity index (χ4v) is 4.66. The summed E-state index contributed by atoms with van der Waals surface area (Å²) in [6.45, 7) is 4.25. The SMILES string of the molecule is CC1(C)CC(=O)C2=C(C1)c1c(ccc3ncccc13)NC2c1ccccc1F. The highest BCUT2D eigenvalue weighted by Gasteiger charge is 2.41. The second-order valence-corrected chi connectivity index (χ2v) is 8.49. The number of ketones is 1. The second-order valence-electron chi connectivity index (χ2n) is 8.49. The van der Waals surface area contributed by atoms with Gasteiger partial charge in [-0.3, -0.25) is 9.78 Å². The molecule has 0 fully saturated rings. The Balaban J connectivity index is 1.83. The normalized spacial score (nSPS) is 20.5. The zero-order valence-electron chi connectivity index (χ0n) is 15.9. The fraction of sp³-hybridized carbons (Fsp3) is 0.250. The van der Waals surface area contributed by atoms with Crippen molar-refractivity contribution in [3.8, 4) is 0 Å². The van der Waals surface area contributed by atoms with Gasteiger partial charge in [0, 0.05) is 40.4 Å². The van der Waals surface area contributed by atoms with E-state index in [-0.39, 0.29) is 17.0 Å². The lowest BCUT2D eigenvalue weighted by atomic mass is 9.68. The zero-order chi connectivity index (χ0) is 19.5. The Morgan fingerprint density at radius 3 is 2.71 bits per heavy atom. The molecule has 3 nitrogen and oxygen atoms in total. The summed E-state index contributed by atoms with van der Waals surface area (Å²) < 4.78 is 14.7. The Morgan fingerprint density at radius 1 is 1.07 bits per heavy atom. The minimum Gasteiger partial charge on any atom is -0.373 e. The summed E-state index contributed by atoms with van der Waals surface area (Å²) in [6, 6.07) is 14.2. The first-order valence-corrected chi connectivity index (χ1v) is 9.60. The average molecular weight is 372 g/mol. The molecule has 0 amide bonds. The Kier molecular flexibility index (Phi) is 3.66. The molecular formula is C24H21FN2O. The van der Waals surface area contributed by atoms with Crippen LogP contribution in [0.15, 0.2) is 60.3 Å². The standard InChI is InChI=1S/C24H21FN2O/c1-24(2)12-16-21-15-7-5-11-26-18(15)9-10-19(21)27-23(22(16)20(28)13-24)14-6-3-4-8-17(14)25/h3-11,23,27H,12-13H2,1-2H3. The minimum atomic E-state index is -0.471. The van der Waals surface area contributed by atoms with Crippen molar-refractivity contribution in [3.63, 3.8) is 0 Å². The predicted octanol–water partition coefficient (Wildman–Crippen LogP) is 5.68. The number of hydrogen-bond donors (Lipinski definition) is 1. The van der Waals surface area contributed by atoms with Gasteiger partial charge in [-0.25, -0.2) is 4.39 Å². The van der Waals surface area contributed by atoms with Crippen LogP contribution in [0.4, 0.5) is 10.1 Å². The maximum atomic E-state index is 14.7. The van der Waals surface area contributed by atoms with Crippen LogP contribution in [-0.2, 0) is 4.79 Å². The molecule has 0 bridgehead atoms. The van der Waals surface area contributed by atoms with Crippen molar-refractivity contribution in [2.45, 2.75) is 32.7 Å². The van der Waals surface area contributed by atoms with Gasteiger partial charge in [0.1, 0.15) is 5.82 Å². The van der Waals surface area contributed by atoms with Crippen molar-refractivity contribution in [2.24, 2.45) is 5.41 Å². The number of carbonyl (C=O) groups excluding carboxylic acids is 1. The first-order valence-electron chi connectivity index (χ1n) is 9.60. The number of pyridine rings is 1. The quantitative estimate of drug-likeness (QED) is 0.597. The summed E-state index contributed by atoms with van der Waals surface area (Å²) in [5.41, 5.74) is 4.98. The van der Waals surface area contributed by atoms with E-state index in [1.165, 1.54) is 6.07 Å². The van der Waals surface area contributed by atoms with Crippen LogP contribution in [0.3, 0.4) is 0 Å². The van der Waals surface area contributed by atoms with Crippen LogP contribution in [0.5, 0.6) is 0 Å². The monoisotopic (exact) mass is 372 g/mol. The van der Waals surface area contributed by atoms with Crippen molar-refractivity contribution >= 4 is 27.9 Å². The summed E-state index contributed by atoms with van der Waals surface area (Å²) >= 11 is 0. The predicted molar refractivity (Wildman–Crippen MR) is 109 cm³/mol. The molecule has 1 unspecified atom stereocenters. The first kappa shape index (κ1) is 17.1. The summed E-state index contributed by atoms with van der Waals surface area (Å²) in [5.74, 6) is -0.200. The lowest BCUT2D eigenvalue weighted by Gasteiger charge is -2.40. The Bertz CT molecular complexity index is 1160. The van der Waals surface area contributed by atoms with Crippen molar-refractivity contribution < 1.29 is 9.18 Å². The van der Waals surface area contributed by atoms with Gasteiger partial charge in [-0.2, -0.15) is 0 Å². The van der Waals surface area contributed by atoms with E-state index in [1.807, 2.05) is 30.3 Å². The number of rotatable bonds is 1. The third kappa shape index (κ3) is 2.55. The number of Topliss-reactive ketones (excluding diaryl/α,β-unsaturated/α-hetero) is 1. The van der Waals surface area contributed by atoms with Gasteiger partial charge < -0.3 is 5.32 Å². The topological polar surface area (TPSA) is 42.0 Å². The molecular weight excluding hydrogens is 351 g/mol. The molecule has 2 aromatic carbocycles. The number of benzene rings is 2. The first-order chi connectivity index (χ1) is 13.4. The zero-order valence-corrected chi connectivity index (χ0v) is 15.9. The van der Waals surface area contributed by atoms with E-state index < -0.39 is 6.04 Å². The van der Waals surface area contributed by atoms with Gasteiger partial charge in [0.25, 0.3) is 0 Å². The van der Waals surface area contributed by atoms with Crippen molar-refractivity contribution in [3.05, 3.63) is 77.2 Å². The average Bonchev–Trinajstić information content (AvgIpc) is 2.66. The van der Waals surface area contributed by atoms with Gasteiger partial charge >= 0.3 is 0 Å². The minimum absolute atomic E-state index is 0.0959. The highest BCUT2D eigenvalue weighted by molar-refractivity contribution is 6.12. The number of allylic oxidation sites excluding steroid dienone is 1. The molecule has 2 heterocycles. The number of fused-ring (bicyclic) bond motifs is 4. The van der Waals surface area contributed by atoms with Crippen LogP contribution >= 0.6 is 0 Å². The highest BCUT2D eigenvalue weighted by atomic mass is 19.1. The van der Waals surface area contributed by atoms with Crippen LogP contribution in [0.2, 0.25) is 0 Å². The van der Waals surface area contributed by atoms with Crippen molar-refractivity contribution in [2.75, 3.05) is 5.32 Å². The molecule has 0 saturated carbocycles. The number of nitrogens with zero attached hydrogens (tertiary/aromatic N) is 1. The third-order valence-corrected chi connectivity index (χ3v) is 5.81. The highest BCUT2D eigenvalue weighted by Crippen LogP contribution is 2.52. The van der Waals surface area contributed by atoms with Crippen LogP contribution in [0, 0.1) is 11.2 Å². The molecule has 2 aliphatic rings. The molecule has 1 aliphatic carbocycles. The van der Waals surface area contributed by atoms with Gasteiger partial charge in [0.15, 0.2) is 5.78 Å². The molecule has 28 heavy (non-hydrogen) atoms.